The van der Waals surface area contributed by atoms with Gasteiger partial charge in [0.2, 0.25) is 5.91 Å². The van der Waals surface area contributed by atoms with E-state index in [4.69, 9.17) is 21.1 Å². The molecule has 1 aliphatic rings. The Bertz CT molecular complexity index is 797. The molecule has 2 aromatic carbocycles. The van der Waals surface area contributed by atoms with E-state index in [1.807, 2.05) is 30.3 Å². The zero-order valence-electron chi connectivity index (χ0n) is 14.3. The first kappa shape index (κ1) is 18.1. The maximum Gasteiger partial charge on any atom is 0.414 e. The summed E-state index contributed by atoms with van der Waals surface area (Å²) in [4.78, 5) is 25.6. The molecule has 0 aliphatic carbocycles. The van der Waals surface area contributed by atoms with Gasteiger partial charge in [-0.3, -0.25) is 9.69 Å². The van der Waals surface area contributed by atoms with Crippen molar-refractivity contribution in [3.05, 3.63) is 59.1 Å². The van der Waals surface area contributed by atoms with Gasteiger partial charge in [-0.1, -0.05) is 41.9 Å². The molecule has 7 heteroatoms. The second-order valence-electron chi connectivity index (χ2n) is 5.90. The van der Waals surface area contributed by atoms with E-state index in [1.54, 1.807) is 18.2 Å². The number of rotatable bonds is 6. The highest BCUT2D eigenvalue weighted by atomic mass is 35.5. The number of hydrogen-bond donors (Lipinski definition) is 1. The second kappa shape index (κ2) is 8.10. The van der Waals surface area contributed by atoms with Crippen molar-refractivity contribution in [3.8, 4) is 5.75 Å². The van der Waals surface area contributed by atoms with Crippen molar-refractivity contribution >= 4 is 29.3 Å². The van der Waals surface area contributed by atoms with Crippen molar-refractivity contribution in [1.29, 1.82) is 0 Å². The number of nitrogens with zero attached hydrogens (tertiary/aromatic N) is 1. The Labute approximate surface area is 156 Å². The van der Waals surface area contributed by atoms with Crippen LogP contribution in [0.3, 0.4) is 0 Å². The summed E-state index contributed by atoms with van der Waals surface area (Å²) in [6, 6.07) is 14.5. The Hall–Kier alpha value is -2.73. The van der Waals surface area contributed by atoms with E-state index < -0.39 is 12.2 Å². The summed E-state index contributed by atoms with van der Waals surface area (Å²) >= 11 is 6.11. The average Bonchev–Trinajstić information content (AvgIpc) is 3.01. The maximum atomic E-state index is 12.1. The quantitative estimate of drug-likeness (QED) is 0.843. The number of cyclic esters (lactones) is 1. The van der Waals surface area contributed by atoms with E-state index in [0.717, 1.165) is 5.56 Å². The highest BCUT2D eigenvalue weighted by molar-refractivity contribution is 6.32. The largest absolute Gasteiger partial charge is 0.495 e. The van der Waals surface area contributed by atoms with Gasteiger partial charge < -0.3 is 14.8 Å². The zero-order valence-corrected chi connectivity index (χ0v) is 15.0. The van der Waals surface area contributed by atoms with Crippen molar-refractivity contribution < 1.29 is 19.1 Å². The Morgan fingerprint density at radius 1 is 1.31 bits per heavy atom. The Kier molecular flexibility index (Phi) is 5.63. The zero-order chi connectivity index (χ0) is 18.5. The summed E-state index contributed by atoms with van der Waals surface area (Å²) in [5.74, 6) is 0.422. The van der Waals surface area contributed by atoms with Gasteiger partial charge in [-0.25, -0.2) is 4.79 Å². The molecule has 2 aromatic rings. The number of carbonyl (C=O) groups is 2. The van der Waals surface area contributed by atoms with Crippen LogP contribution in [-0.2, 0) is 16.0 Å². The lowest BCUT2D eigenvalue weighted by molar-refractivity contribution is -0.120. The summed E-state index contributed by atoms with van der Waals surface area (Å²) in [7, 11) is 1.53. The molecule has 1 N–H and O–H groups in total. The molecule has 0 radical (unpaired) electrons. The van der Waals surface area contributed by atoms with Crippen LogP contribution in [0.4, 0.5) is 10.5 Å². The lowest BCUT2D eigenvalue weighted by Crippen LogP contribution is -2.35. The van der Waals surface area contributed by atoms with Crippen molar-refractivity contribution in [1.82, 2.24) is 5.32 Å². The van der Waals surface area contributed by atoms with Gasteiger partial charge in [0.05, 0.1) is 31.6 Å². The van der Waals surface area contributed by atoms with Gasteiger partial charge in [-0.2, -0.15) is 0 Å². The molecule has 1 aliphatic heterocycles. The summed E-state index contributed by atoms with van der Waals surface area (Å²) in [5, 5.41) is 3.22. The van der Waals surface area contributed by atoms with E-state index >= 15 is 0 Å². The van der Waals surface area contributed by atoms with Gasteiger partial charge in [-0.05, 0) is 23.8 Å². The SMILES string of the molecule is COc1ccc(N2CC(CNC(=O)Cc3ccccc3)OC2=O)cc1Cl. The number of hydrogen-bond acceptors (Lipinski definition) is 4. The number of methoxy groups -OCH3 is 1. The number of amides is 2. The van der Waals surface area contributed by atoms with Crippen LogP contribution < -0.4 is 15.0 Å². The number of benzene rings is 2. The number of anilines is 1. The predicted molar refractivity (Wildman–Crippen MR) is 98.8 cm³/mol. The third-order valence-electron chi connectivity index (χ3n) is 4.06. The third-order valence-corrected chi connectivity index (χ3v) is 4.35. The summed E-state index contributed by atoms with van der Waals surface area (Å²) in [6.07, 6.45) is -0.587. The molecule has 0 aromatic heterocycles. The molecule has 1 saturated heterocycles. The highest BCUT2D eigenvalue weighted by Crippen LogP contribution is 2.31. The molecular weight excluding hydrogens is 356 g/mol. The Balaban J connectivity index is 1.54. The van der Waals surface area contributed by atoms with Gasteiger partial charge in [0.1, 0.15) is 11.9 Å². The maximum absolute atomic E-state index is 12.1. The minimum atomic E-state index is -0.464. The number of halogens is 1. The molecule has 0 saturated carbocycles. The lowest BCUT2D eigenvalue weighted by Gasteiger charge is -2.14. The Morgan fingerprint density at radius 3 is 2.77 bits per heavy atom. The van der Waals surface area contributed by atoms with E-state index in [-0.39, 0.29) is 12.5 Å². The minimum absolute atomic E-state index is 0.113. The fraction of sp³-hybridized carbons (Fsp3) is 0.263. The van der Waals surface area contributed by atoms with Crippen LogP contribution in [-0.4, -0.2) is 38.3 Å². The molecule has 6 nitrogen and oxygen atoms in total. The first-order valence-electron chi connectivity index (χ1n) is 8.19. The van der Waals surface area contributed by atoms with Crippen LogP contribution in [0, 0.1) is 0 Å². The fourth-order valence-corrected chi connectivity index (χ4v) is 2.99. The van der Waals surface area contributed by atoms with Crippen LogP contribution in [0.5, 0.6) is 5.75 Å². The molecule has 2 amide bonds. The van der Waals surface area contributed by atoms with Crippen LogP contribution >= 0.6 is 11.6 Å². The first-order valence-corrected chi connectivity index (χ1v) is 8.57. The fourth-order valence-electron chi connectivity index (χ4n) is 2.73. The molecule has 136 valence electrons. The van der Waals surface area contributed by atoms with E-state index in [0.29, 0.717) is 29.4 Å². The van der Waals surface area contributed by atoms with Crippen molar-refractivity contribution in [3.63, 3.8) is 0 Å². The van der Waals surface area contributed by atoms with E-state index in [1.165, 1.54) is 12.0 Å². The van der Waals surface area contributed by atoms with Crippen molar-refractivity contribution in [2.75, 3.05) is 25.1 Å². The molecule has 1 heterocycles. The van der Waals surface area contributed by atoms with Crippen LogP contribution in [0.25, 0.3) is 0 Å². The van der Waals surface area contributed by atoms with Crippen LogP contribution in [0.15, 0.2) is 48.5 Å². The third kappa shape index (κ3) is 4.26. The molecule has 3 rings (SSSR count). The first-order chi connectivity index (χ1) is 12.6. The minimum Gasteiger partial charge on any atom is -0.495 e. The van der Waals surface area contributed by atoms with Crippen molar-refractivity contribution in [2.24, 2.45) is 0 Å². The molecule has 1 atom stereocenters. The monoisotopic (exact) mass is 374 g/mol. The normalized spacial score (nSPS) is 16.3. The van der Waals surface area contributed by atoms with Gasteiger partial charge in [0.25, 0.3) is 0 Å². The number of carbonyl (C=O) groups excluding carboxylic acids is 2. The smallest absolute Gasteiger partial charge is 0.414 e. The Morgan fingerprint density at radius 2 is 2.08 bits per heavy atom. The second-order valence-corrected chi connectivity index (χ2v) is 6.31. The van der Waals surface area contributed by atoms with Crippen molar-refractivity contribution in [2.45, 2.75) is 12.5 Å². The van der Waals surface area contributed by atoms with Crippen LogP contribution in [0.2, 0.25) is 5.02 Å². The molecule has 0 spiro atoms. The predicted octanol–water partition coefficient (Wildman–Crippen LogP) is 3.03. The number of ether oxygens (including phenoxy) is 2. The molecule has 26 heavy (non-hydrogen) atoms. The lowest BCUT2D eigenvalue weighted by atomic mass is 10.1. The van der Waals surface area contributed by atoms with Gasteiger partial charge in [0, 0.05) is 5.69 Å². The van der Waals surface area contributed by atoms with Gasteiger partial charge in [0.15, 0.2) is 0 Å². The molecule has 1 fully saturated rings. The standard InChI is InChI=1S/C19H19ClN2O4/c1-25-17-8-7-14(10-16(17)20)22-12-15(26-19(22)24)11-21-18(23)9-13-5-3-2-4-6-13/h2-8,10,15H,9,11-12H2,1H3,(H,21,23). The van der Waals surface area contributed by atoms with E-state index in [2.05, 4.69) is 5.32 Å². The number of nitrogens with one attached hydrogen (secondary N) is 1. The van der Waals surface area contributed by atoms with Crippen LogP contribution in [0.1, 0.15) is 5.56 Å². The molecular formula is C19H19ClN2O4. The summed E-state index contributed by atoms with van der Waals surface area (Å²) in [6.45, 7) is 0.602. The average molecular weight is 375 g/mol. The molecule has 1 unspecified atom stereocenters. The summed E-state index contributed by atoms with van der Waals surface area (Å²) in [5.41, 5.74) is 1.56. The molecule has 0 bridgehead atoms. The highest BCUT2D eigenvalue weighted by Gasteiger charge is 2.32. The topological polar surface area (TPSA) is 67.9 Å². The van der Waals surface area contributed by atoms with Gasteiger partial charge >= 0.3 is 6.09 Å². The van der Waals surface area contributed by atoms with E-state index in [9.17, 15) is 9.59 Å². The van der Waals surface area contributed by atoms with Gasteiger partial charge in [-0.15, -0.1) is 0 Å². The summed E-state index contributed by atoms with van der Waals surface area (Å²) < 4.78 is 10.4.